The fourth-order valence-corrected chi connectivity index (χ4v) is 3.71. The zero-order valence-corrected chi connectivity index (χ0v) is 15.4. The summed E-state index contributed by atoms with van der Waals surface area (Å²) in [6.45, 7) is 1.44. The summed E-state index contributed by atoms with van der Waals surface area (Å²) in [4.78, 5) is 31.3. The maximum atomic E-state index is 12.7. The number of ketones is 1. The summed E-state index contributed by atoms with van der Waals surface area (Å²) in [5, 5.41) is 0. The minimum Gasteiger partial charge on any atom is -0.454 e. The highest BCUT2D eigenvalue weighted by Crippen LogP contribution is 2.32. The standard InChI is InChI=1S/C20H23N3O4/c1-22-10-8-21-20(22)19(25)15-3-2-9-23(12-15)18(24)7-5-14-4-6-16-17(11-14)27-13-26-16/h4,6,8,10-11,15H,2-3,5,7,9,12-13H2,1H3/t15-/m0/s1. The van der Waals surface area contributed by atoms with Gasteiger partial charge in [-0.1, -0.05) is 6.07 Å². The van der Waals surface area contributed by atoms with Crippen molar-refractivity contribution in [1.29, 1.82) is 0 Å². The third kappa shape index (κ3) is 3.67. The summed E-state index contributed by atoms with van der Waals surface area (Å²) in [5.41, 5.74) is 1.05. The van der Waals surface area contributed by atoms with Crippen LogP contribution in [0, 0.1) is 5.92 Å². The van der Waals surface area contributed by atoms with Crippen LogP contribution in [0.5, 0.6) is 11.5 Å². The Morgan fingerprint density at radius 1 is 1.26 bits per heavy atom. The summed E-state index contributed by atoms with van der Waals surface area (Å²) in [6.07, 6.45) is 6.11. The Morgan fingerprint density at radius 3 is 2.93 bits per heavy atom. The van der Waals surface area contributed by atoms with Crippen molar-refractivity contribution in [3.05, 3.63) is 42.0 Å². The van der Waals surface area contributed by atoms with E-state index < -0.39 is 0 Å². The first-order valence-electron chi connectivity index (χ1n) is 9.29. The van der Waals surface area contributed by atoms with Gasteiger partial charge >= 0.3 is 0 Å². The highest BCUT2D eigenvalue weighted by Gasteiger charge is 2.30. The van der Waals surface area contributed by atoms with Crippen molar-refractivity contribution in [2.24, 2.45) is 13.0 Å². The molecule has 1 saturated heterocycles. The van der Waals surface area contributed by atoms with Crippen molar-refractivity contribution < 1.29 is 19.1 Å². The lowest BCUT2D eigenvalue weighted by Crippen LogP contribution is -2.42. The van der Waals surface area contributed by atoms with Crippen LogP contribution < -0.4 is 9.47 Å². The van der Waals surface area contributed by atoms with E-state index in [2.05, 4.69) is 4.98 Å². The number of nitrogens with zero attached hydrogens (tertiary/aromatic N) is 3. The number of hydrogen-bond donors (Lipinski definition) is 0. The topological polar surface area (TPSA) is 73.7 Å². The van der Waals surface area contributed by atoms with E-state index in [1.807, 2.05) is 30.1 Å². The van der Waals surface area contributed by atoms with Crippen LogP contribution in [-0.4, -0.2) is 46.0 Å². The summed E-state index contributed by atoms with van der Waals surface area (Å²) in [5.74, 6) is 1.89. The molecular formula is C20H23N3O4. The van der Waals surface area contributed by atoms with E-state index in [9.17, 15) is 9.59 Å². The lowest BCUT2D eigenvalue weighted by atomic mass is 9.93. The van der Waals surface area contributed by atoms with Crippen LogP contribution in [0.15, 0.2) is 30.6 Å². The lowest BCUT2D eigenvalue weighted by Gasteiger charge is -2.32. The van der Waals surface area contributed by atoms with E-state index in [0.717, 1.165) is 29.9 Å². The van der Waals surface area contributed by atoms with Crippen LogP contribution in [0.25, 0.3) is 0 Å². The van der Waals surface area contributed by atoms with Crippen molar-refractivity contribution in [2.45, 2.75) is 25.7 Å². The van der Waals surface area contributed by atoms with Crippen LogP contribution in [0.3, 0.4) is 0 Å². The van der Waals surface area contributed by atoms with E-state index in [0.29, 0.717) is 31.8 Å². The van der Waals surface area contributed by atoms with Gasteiger partial charge in [0.25, 0.3) is 0 Å². The SMILES string of the molecule is Cn1ccnc1C(=O)[C@H]1CCCN(C(=O)CCc2ccc3c(c2)OCO3)C1. The average Bonchev–Trinajstić information content (AvgIpc) is 3.33. The zero-order chi connectivity index (χ0) is 18.8. The molecule has 2 aromatic rings. The van der Waals surface area contributed by atoms with E-state index in [-0.39, 0.29) is 24.4 Å². The molecule has 1 amide bonds. The highest BCUT2D eigenvalue weighted by atomic mass is 16.7. The molecule has 0 unspecified atom stereocenters. The maximum absolute atomic E-state index is 12.7. The molecule has 1 fully saturated rings. The first kappa shape index (κ1) is 17.6. The minimum absolute atomic E-state index is 0.0239. The van der Waals surface area contributed by atoms with Gasteiger partial charge in [0.1, 0.15) is 0 Å². The van der Waals surface area contributed by atoms with Gasteiger partial charge in [-0.2, -0.15) is 0 Å². The lowest BCUT2D eigenvalue weighted by molar-refractivity contribution is -0.132. The second-order valence-corrected chi connectivity index (χ2v) is 7.09. The van der Waals surface area contributed by atoms with Crippen LogP contribution in [0.4, 0.5) is 0 Å². The van der Waals surface area contributed by atoms with Gasteiger partial charge in [-0.15, -0.1) is 0 Å². The molecule has 0 bridgehead atoms. The molecule has 0 radical (unpaired) electrons. The number of carbonyl (C=O) groups is 2. The van der Waals surface area contributed by atoms with Gasteiger partial charge in [0.05, 0.1) is 0 Å². The predicted molar refractivity (Wildman–Crippen MR) is 97.7 cm³/mol. The molecule has 2 aliphatic rings. The third-order valence-electron chi connectivity index (χ3n) is 5.25. The number of likely N-dealkylation sites (tertiary alicyclic amines) is 1. The molecule has 142 valence electrons. The largest absolute Gasteiger partial charge is 0.454 e. The Hall–Kier alpha value is -2.83. The van der Waals surface area contributed by atoms with Gasteiger partial charge in [-0.3, -0.25) is 9.59 Å². The number of amides is 1. The van der Waals surface area contributed by atoms with Crippen LogP contribution in [0.2, 0.25) is 0 Å². The molecule has 0 saturated carbocycles. The second kappa shape index (κ2) is 7.42. The Balaban J connectivity index is 1.34. The van der Waals surface area contributed by atoms with E-state index >= 15 is 0 Å². The highest BCUT2D eigenvalue weighted by molar-refractivity contribution is 5.95. The van der Waals surface area contributed by atoms with Crippen molar-refractivity contribution in [2.75, 3.05) is 19.9 Å². The zero-order valence-electron chi connectivity index (χ0n) is 15.4. The number of Topliss-reactive ketones (excluding diaryl/α,β-unsaturated/α-hetero) is 1. The third-order valence-corrected chi connectivity index (χ3v) is 5.25. The first-order chi connectivity index (χ1) is 13.1. The molecule has 4 rings (SSSR count). The van der Waals surface area contributed by atoms with Crippen molar-refractivity contribution in [3.8, 4) is 11.5 Å². The summed E-state index contributed by atoms with van der Waals surface area (Å²) in [7, 11) is 1.82. The smallest absolute Gasteiger partial charge is 0.231 e. The number of fused-ring (bicyclic) bond motifs is 1. The monoisotopic (exact) mass is 369 g/mol. The predicted octanol–water partition coefficient (Wildman–Crippen LogP) is 2.20. The number of hydrogen-bond acceptors (Lipinski definition) is 5. The Labute approximate surface area is 157 Å². The van der Waals surface area contributed by atoms with E-state index in [4.69, 9.17) is 9.47 Å². The number of aryl methyl sites for hydroxylation is 2. The molecule has 27 heavy (non-hydrogen) atoms. The van der Waals surface area contributed by atoms with Crippen molar-refractivity contribution in [3.63, 3.8) is 0 Å². The van der Waals surface area contributed by atoms with Gasteiger partial charge in [-0.05, 0) is 37.0 Å². The number of benzene rings is 1. The molecule has 7 heteroatoms. The van der Waals surface area contributed by atoms with Gasteiger partial charge in [0, 0.05) is 44.9 Å². The van der Waals surface area contributed by atoms with Crippen LogP contribution in [0.1, 0.15) is 35.4 Å². The molecule has 3 heterocycles. The number of carbonyl (C=O) groups excluding carboxylic acids is 2. The minimum atomic E-state index is -0.172. The summed E-state index contributed by atoms with van der Waals surface area (Å²) in [6, 6.07) is 5.77. The second-order valence-electron chi connectivity index (χ2n) is 7.09. The number of imidazole rings is 1. The molecule has 0 N–H and O–H groups in total. The van der Waals surface area contributed by atoms with Gasteiger partial charge in [-0.25, -0.2) is 4.98 Å². The van der Waals surface area contributed by atoms with E-state index in [1.54, 1.807) is 17.0 Å². The number of aromatic nitrogens is 2. The van der Waals surface area contributed by atoms with Gasteiger partial charge in [0.2, 0.25) is 18.5 Å². The first-order valence-corrected chi connectivity index (χ1v) is 9.29. The maximum Gasteiger partial charge on any atom is 0.231 e. The average molecular weight is 369 g/mol. The fraction of sp³-hybridized carbons (Fsp3) is 0.450. The number of ether oxygens (including phenoxy) is 2. The molecule has 0 aliphatic carbocycles. The van der Waals surface area contributed by atoms with E-state index in [1.165, 1.54) is 0 Å². The van der Waals surface area contributed by atoms with Crippen LogP contribution >= 0.6 is 0 Å². The molecule has 1 aromatic carbocycles. The Morgan fingerprint density at radius 2 is 2.11 bits per heavy atom. The van der Waals surface area contributed by atoms with Crippen molar-refractivity contribution in [1.82, 2.24) is 14.5 Å². The van der Waals surface area contributed by atoms with Crippen LogP contribution in [-0.2, 0) is 18.3 Å². The van der Waals surface area contributed by atoms with Gasteiger partial charge in [0.15, 0.2) is 17.3 Å². The molecule has 7 nitrogen and oxygen atoms in total. The Kier molecular flexibility index (Phi) is 4.83. The molecule has 1 aromatic heterocycles. The summed E-state index contributed by atoms with van der Waals surface area (Å²) >= 11 is 0. The quantitative estimate of drug-likeness (QED) is 0.756. The molecule has 2 aliphatic heterocycles. The number of rotatable bonds is 5. The normalized spacial score (nSPS) is 18.6. The molecular weight excluding hydrogens is 346 g/mol. The number of piperidine rings is 1. The van der Waals surface area contributed by atoms with Gasteiger partial charge < -0.3 is 18.9 Å². The molecule has 0 spiro atoms. The fourth-order valence-electron chi connectivity index (χ4n) is 3.71. The summed E-state index contributed by atoms with van der Waals surface area (Å²) < 4.78 is 12.4. The molecule has 1 atom stereocenters. The Bertz CT molecular complexity index is 861. The van der Waals surface area contributed by atoms with Crippen molar-refractivity contribution >= 4 is 11.7 Å².